The molecular formula is C23H23ClN2O3. The highest BCUT2D eigenvalue weighted by atomic mass is 35.5. The molecule has 0 heterocycles. The molecular weight excluding hydrogens is 388 g/mol. The van der Waals surface area contributed by atoms with Crippen LogP contribution >= 0.6 is 11.6 Å². The summed E-state index contributed by atoms with van der Waals surface area (Å²) in [5.74, 6) is -1.57. The van der Waals surface area contributed by atoms with Crippen LogP contribution in [0, 0.1) is 0 Å². The third kappa shape index (κ3) is 6.06. The first-order valence-electron chi connectivity index (χ1n) is 13.9. The molecule has 0 aliphatic rings. The van der Waals surface area contributed by atoms with Gasteiger partial charge in [0.05, 0.1) is 24.0 Å². The van der Waals surface area contributed by atoms with Crippen LogP contribution in [0.15, 0.2) is 72.6 Å². The number of carboxylic acid groups (broad SMARTS) is 1. The SMILES string of the molecule is [2H]c1c([2H])c(C(=O)O)c([2H])c(-c2cccc(NCCNC([2H])([2H])[C@]([2H])(O)c3c([2H])c([2H])c([2H])c(Cl)c3[2H])c2)c1[2H]. The highest BCUT2D eigenvalue weighted by molar-refractivity contribution is 6.30. The van der Waals surface area contributed by atoms with Crippen molar-refractivity contribution in [2.45, 2.75) is 6.08 Å². The maximum atomic E-state index is 11.5. The average molecular weight is 422 g/mol. The van der Waals surface area contributed by atoms with E-state index in [9.17, 15) is 15.0 Å². The van der Waals surface area contributed by atoms with Crippen LogP contribution < -0.4 is 10.6 Å². The molecule has 0 amide bonds. The monoisotopic (exact) mass is 421 g/mol. The molecule has 0 saturated carbocycles. The highest BCUT2D eigenvalue weighted by Gasteiger charge is 2.07. The minimum absolute atomic E-state index is 0.00614. The third-order valence-corrected chi connectivity index (χ3v) is 3.80. The summed E-state index contributed by atoms with van der Waals surface area (Å²) in [7, 11) is 0. The van der Waals surface area contributed by atoms with Crippen molar-refractivity contribution in [2.75, 3.05) is 24.9 Å². The molecule has 0 bridgehead atoms. The summed E-state index contributed by atoms with van der Waals surface area (Å²) in [6.45, 7) is -3.16. The molecule has 6 heteroatoms. The van der Waals surface area contributed by atoms with Gasteiger partial charge >= 0.3 is 5.97 Å². The van der Waals surface area contributed by atoms with E-state index in [1.807, 2.05) is 0 Å². The third-order valence-electron chi connectivity index (χ3n) is 3.61. The van der Waals surface area contributed by atoms with Gasteiger partial charge in [0.2, 0.25) is 0 Å². The molecule has 0 aliphatic carbocycles. The van der Waals surface area contributed by atoms with Crippen LogP contribution in [0.4, 0.5) is 5.69 Å². The van der Waals surface area contributed by atoms with Crippen molar-refractivity contribution in [3.8, 4) is 11.1 Å². The fourth-order valence-electron chi connectivity index (χ4n) is 2.30. The van der Waals surface area contributed by atoms with Gasteiger partial charge < -0.3 is 20.8 Å². The van der Waals surface area contributed by atoms with Crippen LogP contribution in [-0.4, -0.2) is 35.8 Å². The van der Waals surface area contributed by atoms with E-state index in [0.717, 1.165) is 0 Å². The van der Waals surface area contributed by atoms with E-state index in [0.29, 0.717) is 5.69 Å². The Morgan fingerprint density at radius 3 is 2.83 bits per heavy atom. The van der Waals surface area contributed by atoms with Crippen LogP contribution in [0.2, 0.25) is 5.02 Å². The Morgan fingerprint density at radius 2 is 2.00 bits per heavy atom. The minimum Gasteiger partial charge on any atom is -0.478 e. The summed E-state index contributed by atoms with van der Waals surface area (Å²) < 4.78 is 88.0. The lowest BCUT2D eigenvalue weighted by Gasteiger charge is -2.13. The van der Waals surface area contributed by atoms with Crippen molar-refractivity contribution in [3.05, 3.63) is 88.8 Å². The van der Waals surface area contributed by atoms with Gasteiger partial charge in [0.25, 0.3) is 0 Å². The number of anilines is 1. The van der Waals surface area contributed by atoms with Gasteiger partial charge in [-0.05, 0) is 53.0 Å². The second-order valence-electron chi connectivity index (χ2n) is 5.65. The number of rotatable bonds is 9. The molecule has 5 nitrogen and oxygen atoms in total. The number of nitrogens with one attached hydrogen (secondary N) is 2. The van der Waals surface area contributed by atoms with E-state index in [4.69, 9.17) is 26.7 Å². The van der Waals surface area contributed by atoms with Crippen molar-refractivity contribution in [1.29, 1.82) is 0 Å². The molecule has 0 unspecified atom stereocenters. The summed E-state index contributed by atoms with van der Waals surface area (Å²) >= 11 is 5.83. The standard InChI is InChI=1S/C23H23ClN2O3/c24-20-8-2-6-18(13-20)22(27)15-25-10-11-26-21-9-3-5-17(14-21)16-4-1-7-19(12-16)23(28)29/h1-9,12-14,22,25-27H,10-11,15H2,(H,28,29)/t22-/m0/s1/i1D,2D,4D,6D,7D,8D,12D,13D,15D2,22D. The Labute approximate surface area is 190 Å². The lowest BCUT2D eigenvalue weighted by atomic mass is 10.0. The number of benzene rings is 3. The summed E-state index contributed by atoms with van der Waals surface area (Å²) in [6, 6.07) is 0.529. The van der Waals surface area contributed by atoms with Gasteiger partial charge in [0.1, 0.15) is 0 Å². The van der Waals surface area contributed by atoms with Crippen LogP contribution in [0.5, 0.6) is 0 Å². The van der Waals surface area contributed by atoms with E-state index in [1.165, 1.54) is 18.2 Å². The minimum atomic E-state index is -3.23. The van der Waals surface area contributed by atoms with Crippen molar-refractivity contribution in [2.24, 2.45) is 0 Å². The number of aliphatic hydroxyl groups is 1. The Bertz CT molecular complexity index is 1470. The normalized spacial score (nSPS) is 18.8. The lowest BCUT2D eigenvalue weighted by Crippen LogP contribution is -2.26. The number of aromatic carboxylic acids is 1. The van der Waals surface area contributed by atoms with Crippen LogP contribution in [0.3, 0.4) is 0 Å². The predicted molar refractivity (Wildman–Crippen MR) is 117 cm³/mol. The number of carboxylic acids is 1. The number of halogens is 1. The highest BCUT2D eigenvalue weighted by Crippen LogP contribution is 2.23. The Balaban J connectivity index is 1.80. The second-order valence-corrected chi connectivity index (χ2v) is 6.03. The smallest absolute Gasteiger partial charge is 0.335 e. The molecule has 29 heavy (non-hydrogen) atoms. The summed E-state index contributed by atoms with van der Waals surface area (Å²) in [6.07, 6.45) is -3.23. The van der Waals surface area contributed by atoms with E-state index >= 15 is 0 Å². The van der Waals surface area contributed by atoms with Crippen molar-refractivity contribution in [1.82, 2.24) is 5.32 Å². The zero-order chi connectivity index (χ0) is 30.3. The van der Waals surface area contributed by atoms with E-state index < -0.39 is 83.0 Å². The summed E-state index contributed by atoms with van der Waals surface area (Å²) in [5, 5.41) is 24.7. The average Bonchev–Trinajstić information content (AvgIpc) is 2.87. The van der Waals surface area contributed by atoms with E-state index in [1.54, 1.807) is 6.07 Å². The largest absolute Gasteiger partial charge is 0.478 e. The van der Waals surface area contributed by atoms with E-state index in [-0.39, 0.29) is 24.2 Å². The topological polar surface area (TPSA) is 81.6 Å². The number of carbonyl (C=O) groups is 1. The fourth-order valence-corrected chi connectivity index (χ4v) is 2.44. The second kappa shape index (κ2) is 10.1. The van der Waals surface area contributed by atoms with Crippen molar-refractivity contribution < 1.29 is 30.1 Å². The molecule has 3 rings (SSSR count). The zero-order valence-corrected chi connectivity index (χ0v) is 15.7. The van der Waals surface area contributed by atoms with Crippen molar-refractivity contribution in [3.63, 3.8) is 0 Å². The van der Waals surface area contributed by atoms with Gasteiger partial charge in [-0.1, -0.05) is 47.9 Å². The molecule has 0 aliphatic heterocycles. The molecule has 0 saturated heterocycles. The first kappa shape index (κ1) is 10.8. The molecule has 0 aromatic heterocycles. The summed E-state index contributed by atoms with van der Waals surface area (Å²) in [4.78, 5) is 11.5. The molecule has 0 radical (unpaired) electrons. The molecule has 0 fully saturated rings. The maximum absolute atomic E-state index is 11.5. The lowest BCUT2D eigenvalue weighted by molar-refractivity contribution is 0.0697. The van der Waals surface area contributed by atoms with Crippen LogP contribution in [0.1, 0.15) is 37.1 Å². The Kier molecular flexibility index (Phi) is 3.75. The Hall–Kier alpha value is -2.86. The number of hydrogen-bond acceptors (Lipinski definition) is 4. The van der Waals surface area contributed by atoms with E-state index in [2.05, 4.69) is 10.6 Å². The van der Waals surface area contributed by atoms with Gasteiger partial charge in [-0.3, -0.25) is 0 Å². The van der Waals surface area contributed by atoms with Gasteiger partial charge in [-0.2, -0.15) is 0 Å². The molecule has 150 valence electrons. The van der Waals surface area contributed by atoms with Gasteiger partial charge in [0.15, 0.2) is 0 Å². The fraction of sp³-hybridized carbons (Fsp3) is 0.174. The maximum Gasteiger partial charge on any atom is 0.335 e. The number of hydrogen-bond donors (Lipinski definition) is 4. The molecule has 1 atom stereocenters. The molecule has 3 aromatic rings. The van der Waals surface area contributed by atoms with Crippen molar-refractivity contribution >= 4 is 23.3 Å². The first-order valence-corrected chi connectivity index (χ1v) is 8.75. The summed E-state index contributed by atoms with van der Waals surface area (Å²) in [5.41, 5.74) is -1.10. The molecule has 3 aromatic carbocycles. The van der Waals surface area contributed by atoms with Crippen LogP contribution in [0.25, 0.3) is 11.1 Å². The van der Waals surface area contributed by atoms with Gasteiger partial charge in [0, 0.05) is 33.0 Å². The molecule has 4 N–H and O–H groups in total. The zero-order valence-electron chi connectivity index (χ0n) is 25.9. The van der Waals surface area contributed by atoms with Gasteiger partial charge in [-0.25, -0.2) is 4.79 Å². The van der Waals surface area contributed by atoms with Crippen LogP contribution in [-0.2, 0) is 0 Å². The molecule has 0 spiro atoms. The van der Waals surface area contributed by atoms with Gasteiger partial charge in [-0.15, -0.1) is 0 Å². The first-order chi connectivity index (χ1) is 18.5. The Morgan fingerprint density at radius 1 is 1.17 bits per heavy atom. The quantitative estimate of drug-likeness (QED) is 0.384. The predicted octanol–water partition coefficient (Wildman–Crippen LogP) is 4.44.